The van der Waals surface area contributed by atoms with Crippen molar-refractivity contribution in [3.05, 3.63) is 47.5 Å². The molecule has 0 amide bonds. The van der Waals surface area contributed by atoms with Crippen molar-refractivity contribution in [2.24, 2.45) is 17.8 Å². The highest BCUT2D eigenvalue weighted by molar-refractivity contribution is 5.28. The third-order valence-corrected chi connectivity index (χ3v) is 5.57. The van der Waals surface area contributed by atoms with Crippen LogP contribution in [0.25, 0.3) is 0 Å². The molecule has 0 saturated heterocycles. The number of rotatable bonds is 2. The fraction of sp³-hybridized carbons (Fsp3) is 0.600. The Morgan fingerprint density at radius 3 is 2.10 bits per heavy atom. The van der Waals surface area contributed by atoms with Crippen molar-refractivity contribution in [1.82, 2.24) is 0 Å². The molecule has 0 spiro atoms. The van der Waals surface area contributed by atoms with Crippen LogP contribution < -0.4 is 0 Å². The van der Waals surface area contributed by atoms with Gasteiger partial charge in [0.15, 0.2) is 0 Å². The summed E-state index contributed by atoms with van der Waals surface area (Å²) in [5.74, 6) is 3.47. The molecule has 1 fully saturated rings. The van der Waals surface area contributed by atoms with Gasteiger partial charge in [-0.1, -0.05) is 61.7 Å². The van der Waals surface area contributed by atoms with Crippen LogP contribution in [0.1, 0.15) is 62.5 Å². The molecule has 0 heteroatoms. The molecule has 0 heterocycles. The molecule has 108 valence electrons. The van der Waals surface area contributed by atoms with Gasteiger partial charge in [0, 0.05) is 5.92 Å². The normalized spacial score (nSPS) is 34.1. The average molecular weight is 268 g/mol. The van der Waals surface area contributed by atoms with Crippen molar-refractivity contribution in [3.8, 4) is 0 Å². The first-order chi connectivity index (χ1) is 9.72. The summed E-state index contributed by atoms with van der Waals surface area (Å²) in [6.07, 6.45) is 13.6. The largest absolute Gasteiger partial charge is 0.0845 e. The van der Waals surface area contributed by atoms with Gasteiger partial charge in [-0.3, -0.25) is 0 Å². The Morgan fingerprint density at radius 2 is 1.50 bits per heavy atom. The molecule has 2 aliphatic carbocycles. The lowest BCUT2D eigenvalue weighted by Gasteiger charge is -2.34. The summed E-state index contributed by atoms with van der Waals surface area (Å²) in [6.45, 7) is 4.58. The first-order valence-electron chi connectivity index (χ1n) is 8.47. The molecule has 2 aliphatic rings. The van der Waals surface area contributed by atoms with Gasteiger partial charge in [0.25, 0.3) is 0 Å². The average Bonchev–Trinajstić information content (AvgIpc) is 2.49. The molecule has 1 aromatic rings. The maximum Gasteiger partial charge on any atom is 0.00182 e. The van der Waals surface area contributed by atoms with Gasteiger partial charge in [0.1, 0.15) is 0 Å². The fourth-order valence-corrected chi connectivity index (χ4v) is 4.04. The quantitative estimate of drug-likeness (QED) is 0.588. The summed E-state index contributed by atoms with van der Waals surface area (Å²) >= 11 is 0. The first-order valence-corrected chi connectivity index (χ1v) is 8.47. The molecule has 0 nitrogen and oxygen atoms in total. The van der Waals surface area contributed by atoms with Gasteiger partial charge in [-0.2, -0.15) is 0 Å². The number of hydrogen-bond donors (Lipinski definition) is 0. The van der Waals surface area contributed by atoms with Crippen molar-refractivity contribution in [3.63, 3.8) is 0 Å². The fourth-order valence-electron chi connectivity index (χ4n) is 4.04. The Morgan fingerprint density at radius 1 is 0.800 bits per heavy atom. The van der Waals surface area contributed by atoms with E-state index in [1.54, 1.807) is 0 Å². The van der Waals surface area contributed by atoms with Gasteiger partial charge in [-0.25, -0.2) is 0 Å². The topological polar surface area (TPSA) is 0 Å². The lowest BCUT2D eigenvalue weighted by Crippen LogP contribution is -2.22. The minimum atomic E-state index is 0.661. The zero-order valence-electron chi connectivity index (χ0n) is 13.0. The van der Waals surface area contributed by atoms with E-state index >= 15 is 0 Å². The molecule has 0 radical (unpaired) electrons. The van der Waals surface area contributed by atoms with E-state index < -0.39 is 0 Å². The Balaban J connectivity index is 1.61. The van der Waals surface area contributed by atoms with Gasteiger partial charge in [-0.05, 0) is 55.9 Å². The molecule has 0 N–H and O–H groups in total. The van der Waals surface area contributed by atoms with E-state index in [-0.39, 0.29) is 0 Å². The van der Waals surface area contributed by atoms with Gasteiger partial charge < -0.3 is 0 Å². The molecule has 20 heavy (non-hydrogen) atoms. The van der Waals surface area contributed by atoms with Crippen LogP contribution in [0.3, 0.4) is 0 Å². The van der Waals surface area contributed by atoms with E-state index in [0.717, 1.165) is 17.8 Å². The molecular formula is C20H28. The summed E-state index contributed by atoms with van der Waals surface area (Å²) in [4.78, 5) is 0. The molecule has 0 aliphatic heterocycles. The van der Waals surface area contributed by atoms with E-state index in [2.05, 4.69) is 50.3 Å². The minimum absolute atomic E-state index is 0.661. The van der Waals surface area contributed by atoms with Crippen LogP contribution in [0.4, 0.5) is 0 Å². The number of benzene rings is 1. The van der Waals surface area contributed by atoms with Gasteiger partial charge in [0.2, 0.25) is 0 Å². The summed E-state index contributed by atoms with van der Waals surface area (Å²) in [5, 5.41) is 0. The van der Waals surface area contributed by atoms with Crippen LogP contribution >= 0.6 is 0 Å². The standard InChI is InChI=1S/C20H28/c1-15-3-7-17(8-4-15)19-11-13-20(14-12-19)18-9-5-16(2)6-10-18/h3-4,7-8,11,13,16,18-20H,5-6,9-10,12,14H2,1-2H3. The third kappa shape index (κ3) is 3.16. The molecule has 2 unspecified atom stereocenters. The van der Waals surface area contributed by atoms with Crippen LogP contribution in [0.15, 0.2) is 36.4 Å². The number of allylic oxidation sites excluding steroid dienone is 2. The van der Waals surface area contributed by atoms with Crippen LogP contribution in [0.2, 0.25) is 0 Å². The molecule has 0 aromatic heterocycles. The molecule has 1 saturated carbocycles. The van der Waals surface area contributed by atoms with Gasteiger partial charge in [0.05, 0.1) is 0 Å². The first kappa shape index (κ1) is 13.9. The van der Waals surface area contributed by atoms with Crippen molar-refractivity contribution in [2.75, 3.05) is 0 Å². The summed E-state index contributed by atoms with van der Waals surface area (Å²) in [5.41, 5.74) is 2.87. The minimum Gasteiger partial charge on any atom is -0.0845 e. The molecular weight excluding hydrogens is 240 g/mol. The summed E-state index contributed by atoms with van der Waals surface area (Å²) in [6, 6.07) is 9.12. The molecule has 2 atom stereocenters. The Hall–Kier alpha value is -1.04. The highest BCUT2D eigenvalue weighted by Crippen LogP contribution is 2.40. The Bertz CT molecular complexity index is 445. The predicted octanol–water partition coefficient (Wildman–Crippen LogP) is 5.87. The van der Waals surface area contributed by atoms with Crippen LogP contribution in [-0.4, -0.2) is 0 Å². The summed E-state index contributed by atoms with van der Waals surface area (Å²) in [7, 11) is 0. The van der Waals surface area contributed by atoms with Crippen molar-refractivity contribution >= 4 is 0 Å². The highest BCUT2D eigenvalue weighted by Gasteiger charge is 2.27. The lowest BCUT2D eigenvalue weighted by atomic mass is 9.71. The van der Waals surface area contributed by atoms with Gasteiger partial charge in [-0.15, -0.1) is 0 Å². The van der Waals surface area contributed by atoms with Crippen molar-refractivity contribution in [1.29, 1.82) is 0 Å². The number of aryl methyl sites for hydroxylation is 1. The van der Waals surface area contributed by atoms with Crippen molar-refractivity contribution < 1.29 is 0 Å². The van der Waals surface area contributed by atoms with Crippen molar-refractivity contribution in [2.45, 2.75) is 58.3 Å². The predicted molar refractivity (Wildman–Crippen MR) is 86.9 cm³/mol. The molecule has 1 aromatic carbocycles. The van der Waals surface area contributed by atoms with Crippen LogP contribution in [0, 0.1) is 24.7 Å². The molecule has 0 bridgehead atoms. The van der Waals surface area contributed by atoms with Crippen LogP contribution in [0.5, 0.6) is 0 Å². The second-order valence-electron chi connectivity index (χ2n) is 7.16. The SMILES string of the molecule is Cc1ccc(C2C=CC(C3CCC(C)CC3)CC2)cc1. The van der Waals surface area contributed by atoms with Crippen LogP contribution in [-0.2, 0) is 0 Å². The maximum atomic E-state index is 2.55. The maximum absolute atomic E-state index is 2.55. The van der Waals surface area contributed by atoms with E-state index in [1.165, 1.54) is 49.7 Å². The zero-order valence-corrected chi connectivity index (χ0v) is 13.0. The Kier molecular flexibility index (Phi) is 4.29. The summed E-state index contributed by atoms with van der Waals surface area (Å²) < 4.78 is 0. The van der Waals surface area contributed by atoms with Gasteiger partial charge >= 0.3 is 0 Å². The third-order valence-electron chi connectivity index (χ3n) is 5.57. The lowest BCUT2D eigenvalue weighted by molar-refractivity contribution is 0.225. The van der Waals surface area contributed by atoms with E-state index in [0.29, 0.717) is 5.92 Å². The van der Waals surface area contributed by atoms with E-state index in [9.17, 15) is 0 Å². The smallest absolute Gasteiger partial charge is 0.00182 e. The van der Waals surface area contributed by atoms with E-state index in [4.69, 9.17) is 0 Å². The van der Waals surface area contributed by atoms with E-state index in [1.807, 2.05) is 0 Å². The second-order valence-corrected chi connectivity index (χ2v) is 7.16. The number of hydrogen-bond acceptors (Lipinski definition) is 0. The Labute approximate surface area is 124 Å². The highest BCUT2D eigenvalue weighted by atomic mass is 14.3. The molecule has 3 rings (SSSR count). The monoisotopic (exact) mass is 268 g/mol. The second kappa shape index (κ2) is 6.16. The zero-order chi connectivity index (χ0) is 13.9.